The van der Waals surface area contributed by atoms with Gasteiger partial charge in [0, 0.05) is 5.56 Å². The molecule has 0 aliphatic carbocycles. The normalized spacial score (nSPS) is 11.2. The second kappa shape index (κ2) is 9.40. The van der Waals surface area contributed by atoms with Crippen LogP contribution >= 0.6 is 0 Å². The summed E-state index contributed by atoms with van der Waals surface area (Å²) in [5, 5.41) is 2.68. The van der Waals surface area contributed by atoms with Crippen LogP contribution in [0.3, 0.4) is 0 Å². The lowest BCUT2D eigenvalue weighted by Gasteiger charge is -2.28. The van der Waals surface area contributed by atoms with Crippen molar-refractivity contribution in [3.05, 3.63) is 132 Å². The summed E-state index contributed by atoms with van der Waals surface area (Å²) in [5.74, 6) is 6.01. The van der Waals surface area contributed by atoms with Gasteiger partial charge in [0.2, 0.25) is 0 Å². The fourth-order valence-electron chi connectivity index (χ4n) is 3.58. The van der Waals surface area contributed by atoms with E-state index in [1.165, 1.54) is 12.1 Å². The molecule has 0 saturated heterocycles. The first-order chi connectivity index (χ1) is 15.2. The Labute approximate surface area is 183 Å². The van der Waals surface area contributed by atoms with Crippen molar-refractivity contribution in [1.29, 1.82) is 0 Å². The van der Waals surface area contributed by atoms with Gasteiger partial charge >= 0.3 is 0 Å². The Morgan fingerprint density at radius 2 is 1.23 bits per heavy atom. The van der Waals surface area contributed by atoms with E-state index in [2.05, 4.69) is 11.8 Å². The van der Waals surface area contributed by atoms with Crippen LogP contribution in [0.1, 0.15) is 11.1 Å². The fraction of sp³-hybridized carbons (Fsp3) is 0. The molecule has 0 saturated carbocycles. The Balaban J connectivity index is 1.76. The number of halogens is 1. The van der Waals surface area contributed by atoms with Crippen LogP contribution in [-0.2, 0) is 0 Å². The van der Waals surface area contributed by atoms with Crippen molar-refractivity contribution >= 4 is 30.0 Å². The molecule has 0 fully saturated rings. The van der Waals surface area contributed by atoms with Crippen LogP contribution in [0.15, 0.2) is 115 Å². The van der Waals surface area contributed by atoms with Crippen LogP contribution in [0.4, 0.5) is 4.39 Å². The van der Waals surface area contributed by atoms with Crippen molar-refractivity contribution in [2.24, 2.45) is 0 Å². The largest absolute Gasteiger partial charge is 0.421 e. The lowest BCUT2D eigenvalue weighted by atomic mass is 10.2. The highest BCUT2D eigenvalue weighted by Gasteiger charge is 2.39. The molecule has 0 atom stereocenters. The van der Waals surface area contributed by atoms with E-state index in [0.717, 1.165) is 26.7 Å². The Morgan fingerprint density at radius 1 is 0.677 bits per heavy atom. The van der Waals surface area contributed by atoms with E-state index in [0.29, 0.717) is 0 Å². The molecule has 0 bridgehead atoms. The molecule has 31 heavy (non-hydrogen) atoms. The third-order valence-corrected chi connectivity index (χ3v) is 8.69. The molecule has 0 aliphatic heterocycles. The molecule has 4 rings (SSSR count). The van der Waals surface area contributed by atoms with Crippen molar-refractivity contribution in [3.8, 4) is 11.8 Å². The maximum atomic E-state index is 13.1. The molecule has 0 aliphatic rings. The second-order valence-electron chi connectivity index (χ2n) is 7.14. The minimum atomic E-state index is -3.22. The predicted molar refractivity (Wildman–Crippen MR) is 129 cm³/mol. The van der Waals surface area contributed by atoms with Gasteiger partial charge in [-0.05, 0) is 51.5 Å². The van der Waals surface area contributed by atoms with Crippen molar-refractivity contribution in [3.63, 3.8) is 0 Å². The Hall–Kier alpha value is -3.71. The average Bonchev–Trinajstić information content (AvgIpc) is 2.84. The third kappa shape index (κ3) is 4.56. The molecule has 4 aromatic rings. The zero-order chi connectivity index (χ0) is 21.5. The molecular weight excluding hydrogens is 399 g/mol. The highest BCUT2D eigenvalue weighted by atomic mass is 28.4. The van der Waals surface area contributed by atoms with Crippen LogP contribution in [-0.4, -0.2) is 13.1 Å². The third-order valence-electron chi connectivity index (χ3n) is 5.14. The molecule has 0 heterocycles. The van der Waals surface area contributed by atoms with Gasteiger partial charge in [-0.25, -0.2) is 4.39 Å². The minimum Gasteiger partial charge on any atom is -0.421 e. The standard InChI is InChI=1S/C28H21FOSi/c29-25-21-19-23(20-22-25)11-7-8-12-24-13-9-10-18-28(24)31(30,26-14-3-1-4-15-26)27-16-5-2-6-17-27/h1-7,9-11,13-22,30H/b11-7+. The first kappa shape index (κ1) is 20.6. The van der Waals surface area contributed by atoms with Crippen molar-refractivity contribution in [2.45, 2.75) is 0 Å². The topological polar surface area (TPSA) is 20.2 Å². The smallest absolute Gasteiger partial charge is 0.286 e. The van der Waals surface area contributed by atoms with Gasteiger partial charge in [-0.2, -0.15) is 0 Å². The second-order valence-corrected chi connectivity index (χ2v) is 10.3. The fourth-order valence-corrected chi connectivity index (χ4v) is 6.75. The van der Waals surface area contributed by atoms with Crippen LogP contribution in [0.5, 0.6) is 0 Å². The zero-order valence-corrected chi connectivity index (χ0v) is 17.9. The van der Waals surface area contributed by atoms with Crippen molar-refractivity contribution in [2.75, 3.05) is 0 Å². The first-order valence-corrected chi connectivity index (χ1v) is 12.0. The van der Waals surface area contributed by atoms with Gasteiger partial charge in [0.05, 0.1) is 0 Å². The zero-order valence-electron chi connectivity index (χ0n) is 16.9. The molecular formula is C28H21FOSi. The number of rotatable bonds is 4. The minimum absolute atomic E-state index is 0.261. The number of benzene rings is 4. The molecule has 4 aromatic carbocycles. The Kier molecular flexibility index (Phi) is 6.23. The number of hydrogen-bond donors (Lipinski definition) is 1. The molecule has 0 aromatic heterocycles. The van der Waals surface area contributed by atoms with Crippen LogP contribution in [0.2, 0.25) is 0 Å². The van der Waals surface area contributed by atoms with E-state index in [9.17, 15) is 9.19 Å². The molecule has 1 nitrogen and oxygen atoms in total. The predicted octanol–water partition coefficient (Wildman–Crippen LogP) is 3.85. The lowest BCUT2D eigenvalue weighted by molar-refractivity contribution is 0.583. The molecule has 150 valence electrons. The summed E-state index contributed by atoms with van der Waals surface area (Å²) in [4.78, 5) is 12.2. The number of hydrogen-bond acceptors (Lipinski definition) is 1. The van der Waals surface area contributed by atoms with Gasteiger partial charge in [0.15, 0.2) is 0 Å². The van der Waals surface area contributed by atoms with Crippen molar-refractivity contribution in [1.82, 2.24) is 0 Å². The molecule has 0 radical (unpaired) electrons. The number of allylic oxidation sites excluding steroid dienone is 1. The van der Waals surface area contributed by atoms with Crippen LogP contribution in [0.25, 0.3) is 6.08 Å². The summed E-state index contributed by atoms with van der Waals surface area (Å²) >= 11 is 0. The van der Waals surface area contributed by atoms with Crippen molar-refractivity contribution < 1.29 is 9.19 Å². The van der Waals surface area contributed by atoms with Gasteiger partial charge in [-0.3, -0.25) is 0 Å². The summed E-state index contributed by atoms with van der Waals surface area (Å²) < 4.78 is 13.1. The quantitative estimate of drug-likeness (QED) is 0.302. The van der Waals surface area contributed by atoms with E-state index in [-0.39, 0.29) is 5.82 Å². The van der Waals surface area contributed by atoms with Crippen LogP contribution in [0, 0.1) is 17.7 Å². The van der Waals surface area contributed by atoms with E-state index in [4.69, 9.17) is 0 Å². The van der Waals surface area contributed by atoms with Gasteiger partial charge < -0.3 is 4.80 Å². The van der Waals surface area contributed by atoms with Gasteiger partial charge in [0.25, 0.3) is 8.32 Å². The van der Waals surface area contributed by atoms with E-state index >= 15 is 0 Å². The van der Waals surface area contributed by atoms with Crippen LogP contribution < -0.4 is 15.6 Å². The highest BCUT2D eigenvalue weighted by Crippen LogP contribution is 2.08. The highest BCUT2D eigenvalue weighted by molar-refractivity contribution is 7.06. The summed E-state index contributed by atoms with van der Waals surface area (Å²) in [5.41, 5.74) is 1.68. The summed E-state index contributed by atoms with van der Waals surface area (Å²) in [6.07, 6.45) is 3.59. The van der Waals surface area contributed by atoms with Gasteiger partial charge in [-0.1, -0.05) is 103 Å². The summed E-state index contributed by atoms with van der Waals surface area (Å²) in [6, 6.07) is 33.7. The maximum Gasteiger partial charge on any atom is 0.286 e. The molecule has 3 heteroatoms. The van der Waals surface area contributed by atoms with E-state index in [1.54, 1.807) is 18.2 Å². The Morgan fingerprint density at radius 3 is 1.84 bits per heavy atom. The SMILES string of the molecule is O[Si](c1ccccc1)(c1ccccc1)c1ccccc1C#C/C=C/c1ccc(F)cc1. The maximum absolute atomic E-state index is 13.1. The van der Waals surface area contributed by atoms with Gasteiger partial charge in [0.1, 0.15) is 5.82 Å². The molecule has 1 N–H and O–H groups in total. The molecule has 0 unspecified atom stereocenters. The summed E-state index contributed by atoms with van der Waals surface area (Å²) in [7, 11) is -3.22. The van der Waals surface area contributed by atoms with Gasteiger partial charge in [-0.15, -0.1) is 0 Å². The summed E-state index contributed by atoms with van der Waals surface area (Å²) in [6.45, 7) is 0. The van der Waals surface area contributed by atoms with E-state index < -0.39 is 8.32 Å². The first-order valence-electron chi connectivity index (χ1n) is 10.0. The van der Waals surface area contributed by atoms with E-state index in [1.807, 2.05) is 91.0 Å². The lowest BCUT2D eigenvalue weighted by Crippen LogP contribution is -2.68. The molecule has 0 amide bonds. The molecule has 0 spiro atoms. The average molecular weight is 421 g/mol. The monoisotopic (exact) mass is 420 g/mol. The Bertz CT molecular complexity index is 1200.